The second-order valence-corrected chi connectivity index (χ2v) is 5.37. The summed E-state index contributed by atoms with van der Waals surface area (Å²) in [6.07, 6.45) is 0.273. The quantitative estimate of drug-likeness (QED) is 0.782. The number of amides is 2. The summed E-state index contributed by atoms with van der Waals surface area (Å²) in [7, 11) is 1.53. The van der Waals surface area contributed by atoms with E-state index in [9.17, 15) is 9.59 Å². The van der Waals surface area contributed by atoms with Crippen LogP contribution < -0.4 is 9.64 Å². The number of thioether (sulfide) groups is 1. The van der Waals surface area contributed by atoms with Crippen LogP contribution in [-0.2, 0) is 9.59 Å². The molecule has 96 valence electrons. The van der Waals surface area contributed by atoms with Crippen molar-refractivity contribution in [3.8, 4) is 5.75 Å². The van der Waals surface area contributed by atoms with Gasteiger partial charge in [0.15, 0.2) is 0 Å². The Morgan fingerprint density at radius 1 is 1.39 bits per heavy atom. The standard InChI is InChI=1S/C13H15NO3S/c1-3-18-11-8-12(15)14(13(11)16)9-6-4-5-7-10(9)17-2/h4-7,11H,3,8H2,1-2H3/t11-/m0/s1. The van der Waals surface area contributed by atoms with E-state index in [1.165, 1.54) is 23.8 Å². The number of ether oxygens (including phenoxy) is 1. The van der Waals surface area contributed by atoms with Crippen molar-refractivity contribution in [3.63, 3.8) is 0 Å². The van der Waals surface area contributed by atoms with E-state index in [1.807, 2.05) is 13.0 Å². The number of anilines is 1. The number of benzene rings is 1. The SMILES string of the molecule is CCS[C@H]1CC(=O)N(c2ccccc2OC)C1=O. The Morgan fingerprint density at radius 2 is 2.11 bits per heavy atom. The zero-order valence-corrected chi connectivity index (χ0v) is 11.2. The van der Waals surface area contributed by atoms with Crippen LogP contribution in [0, 0.1) is 0 Å². The zero-order chi connectivity index (χ0) is 13.1. The van der Waals surface area contributed by atoms with Crippen molar-refractivity contribution in [2.24, 2.45) is 0 Å². The van der Waals surface area contributed by atoms with Crippen LogP contribution in [0.3, 0.4) is 0 Å². The molecule has 1 aromatic carbocycles. The van der Waals surface area contributed by atoms with Crippen LogP contribution in [0.4, 0.5) is 5.69 Å². The lowest BCUT2D eigenvalue weighted by molar-refractivity contribution is -0.121. The Bertz CT molecular complexity index is 475. The molecule has 5 heteroatoms. The van der Waals surface area contributed by atoms with Crippen molar-refractivity contribution in [2.45, 2.75) is 18.6 Å². The van der Waals surface area contributed by atoms with E-state index in [2.05, 4.69) is 0 Å². The predicted octanol–water partition coefficient (Wildman–Crippen LogP) is 2.08. The van der Waals surface area contributed by atoms with Gasteiger partial charge in [0.05, 0.1) is 18.0 Å². The first-order valence-electron chi connectivity index (χ1n) is 5.80. The Labute approximate surface area is 110 Å². The molecule has 1 saturated heterocycles. The van der Waals surface area contributed by atoms with E-state index in [0.29, 0.717) is 11.4 Å². The van der Waals surface area contributed by atoms with Crippen LogP contribution in [-0.4, -0.2) is 29.9 Å². The Morgan fingerprint density at radius 3 is 2.78 bits per heavy atom. The first kappa shape index (κ1) is 13.0. The average molecular weight is 265 g/mol. The highest BCUT2D eigenvalue weighted by molar-refractivity contribution is 8.00. The van der Waals surface area contributed by atoms with Crippen LogP contribution >= 0.6 is 11.8 Å². The molecule has 2 amide bonds. The van der Waals surface area contributed by atoms with E-state index in [0.717, 1.165) is 5.75 Å². The van der Waals surface area contributed by atoms with Crippen LogP contribution in [0.15, 0.2) is 24.3 Å². The number of rotatable bonds is 4. The Balaban J connectivity index is 2.33. The summed E-state index contributed by atoms with van der Waals surface area (Å²) in [6.45, 7) is 1.98. The smallest absolute Gasteiger partial charge is 0.247 e. The average Bonchev–Trinajstić information content (AvgIpc) is 2.65. The van der Waals surface area contributed by atoms with Gasteiger partial charge in [0.1, 0.15) is 5.75 Å². The number of methoxy groups -OCH3 is 1. The summed E-state index contributed by atoms with van der Waals surface area (Å²) in [5, 5.41) is -0.257. The lowest BCUT2D eigenvalue weighted by atomic mass is 10.2. The summed E-state index contributed by atoms with van der Waals surface area (Å²) in [6, 6.07) is 7.08. The van der Waals surface area contributed by atoms with Crippen LogP contribution in [0.5, 0.6) is 5.75 Å². The Kier molecular flexibility index (Phi) is 3.91. The lowest BCUT2D eigenvalue weighted by Crippen LogP contribution is -2.31. The molecule has 0 N–H and O–H groups in total. The van der Waals surface area contributed by atoms with Crippen LogP contribution in [0.1, 0.15) is 13.3 Å². The summed E-state index contributed by atoms with van der Waals surface area (Å²) >= 11 is 1.51. The second-order valence-electron chi connectivity index (χ2n) is 3.89. The fourth-order valence-corrected chi connectivity index (χ4v) is 2.91. The lowest BCUT2D eigenvalue weighted by Gasteiger charge is -2.17. The third kappa shape index (κ3) is 2.22. The molecule has 2 rings (SSSR count). The van der Waals surface area contributed by atoms with E-state index in [1.54, 1.807) is 18.2 Å². The molecule has 0 bridgehead atoms. The van der Waals surface area contributed by atoms with Gasteiger partial charge in [-0.05, 0) is 17.9 Å². The maximum atomic E-state index is 12.2. The monoisotopic (exact) mass is 265 g/mol. The van der Waals surface area contributed by atoms with E-state index < -0.39 is 0 Å². The number of para-hydroxylation sites is 2. The van der Waals surface area contributed by atoms with Crippen molar-refractivity contribution >= 4 is 29.3 Å². The summed E-state index contributed by atoms with van der Waals surface area (Å²) < 4.78 is 5.20. The number of hydrogen-bond donors (Lipinski definition) is 0. The minimum atomic E-state index is -0.257. The molecule has 0 radical (unpaired) electrons. The van der Waals surface area contributed by atoms with Gasteiger partial charge in [-0.3, -0.25) is 9.59 Å². The maximum absolute atomic E-state index is 12.2. The molecule has 0 spiro atoms. The molecule has 4 nitrogen and oxygen atoms in total. The van der Waals surface area contributed by atoms with Crippen molar-refractivity contribution < 1.29 is 14.3 Å². The summed E-state index contributed by atoms with van der Waals surface area (Å²) in [4.78, 5) is 25.4. The van der Waals surface area contributed by atoms with E-state index in [4.69, 9.17) is 4.74 Å². The maximum Gasteiger partial charge on any atom is 0.247 e. The molecule has 1 heterocycles. The highest BCUT2D eigenvalue weighted by Crippen LogP contribution is 2.34. The molecular weight excluding hydrogens is 250 g/mol. The van der Waals surface area contributed by atoms with Gasteiger partial charge in [-0.2, -0.15) is 0 Å². The first-order chi connectivity index (χ1) is 8.69. The van der Waals surface area contributed by atoms with Gasteiger partial charge in [-0.25, -0.2) is 4.90 Å². The topological polar surface area (TPSA) is 46.6 Å². The highest BCUT2D eigenvalue weighted by Gasteiger charge is 2.40. The molecule has 0 aliphatic carbocycles. The molecule has 1 aliphatic heterocycles. The van der Waals surface area contributed by atoms with Crippen LogP contribution in [0.2, 0.25) is 0 Å². The molecule has 18 heavy (non-hydrogen) atoms. The van der Waals surface area contributed by atoms with Crippen LogP contribution in [0.25, 0.3) is 0 Å². The third-order valence-electron chi connectivity index (χ3n) is 2.80. The summed E-state index contributed by atoms with van der Waals surface area (Å²) in [5.41, 5.74) is 0.536. The summed E-state index contributed by atoms with van der Waals surface area (Å²) in [5.74, 6) is 1.07. The molecule has 0 saturated carbocycles. The van der Waals surface area contributed by atoms with Crippen molar-refractivity contribution in [1.82, 2.24) is 0 Å². The van der Waals surface area contributed by atoms with Gasteiger partial charge in [0.2, 0.25) is 11.8 Å². The molecule has 1 atom stereocenters. The molecule has 0 aromatic heterocycles. The molecule has 0 unspecified atom stereocenters. The zero-order valence-electron chi connectivity index (χ0n) is 10.4. The van der Waals surface area contributed by atoms with Gasteiger partial charge in [-0.15, -0.1) is 11.8 Å². The number of carbonyl (C=O) groups excluding carboxylic acids is 2. The van der Waals surface area contributed by atoms with Crippen molar-refractivity contribution in [3.05, 3.63) is 24.3 Å². The van der Waals surface area contributed by atoms with Gasteiger partial charge in [0, 0.05) is 6.42 Å². The fourth-order valence-electron chi connectivity index (χ4n) is 2.00. The third-order valence-corrected chi connectivity index (χ3v) is 3.90. The second kappa shape index (κ2) is 5.44. The van der Waals surface area contributed by atoms with Gasteiger partial charge < -0.3 is 4.74 Å². The number of nitrogens with zero attached hydrogens (tertiary/aromatic N) is 1. The van der Waals surface area contributed by atoms with Gasteiger partial charge >= 0.3 is 0 Å². The number of imide groups is 1. The van der Waals surface area contributed by atoms with Gasteiger partial charge in [-0.1, -0.05) is 19.1 Å². The molecule has 1 aliphatic rings. The predicted molar refractivity (Wildman–Crippen MR) is 72.0 cm³/mol. The minimum absolute atomic E-state index is 0.142. The van der Waals surface area contributed by atoms with Gasteiger partial charge in [0.25, 0.3) is 0 Å². The number of hydrogen-bond acceptors (Lipinski definition) is 4. The normalized spacial score (nSPS) is 19.4. The largest absolute Gasteiger partial charge is 0.495 e. The van der Waals surface area contributed by atoms with Crippen molar-refractivity contribution in [1.29, 1.82) is 0 Å². The van der Waals surface area contributed by atoms with E-state index in [-0.39, 0.29) is 23.5 Å². The molecule has 1 aromatic rings. The molecule has 1 fully saturated rings. The minimum Gasteiger partial charge on any atom is -0.495 e. The van der Waals surface area contributed by atoms with E-state index >= 15 is 0 Å². The molecular formula is C13H15NO3S. The number of carbonyl (C=O) groups is 2. The van der Waals surface area contributed by atoms with Crippen molar-refractivity contribution in [2.75, 3.05) is 17.8 Å². The highest BCUT2D eigenvalue weighted by atomic mass is 32.2. The first-order valence-corrected chi connectivity index (χ1v) is 6.85. The fraction of sp³-hybridized carbons (Fsp3) is 0.385. The Hall–Kier alpha value is -1.49.